The number of hydrogen-bond acceptors (Lipinski definition) is 4. The minimum atomic E-state index is -3.75. The van der Waals surface area contributed by atoms with Crippen LogP contribution in [-0.2, 0) is 19.6 Å². The number of sulfonamides is 1. The van der Waals surface area contributed by atoms with Crippen molar-refractivity contribution in [3.8, 4) is 0 Å². The van der Waals surface area contributed by atoms with E-state index in [0.717, 1.165) is 5.56 Å². The number of carbonyl (C=O) groups is 2. The van der Waals surface area contributed by atoms with E-state index in [0.29, 0.717) is 0 Å². The molecule has 1 aromatic carbocycles. The highest BCUT2D eigenvalue weighted by Crippen LogP contribution is 2.13. The summed E-state index contributed by atoms with van der Waals surface area (Å²) in [7, 11) is -3.75. The molecule has 0 spiro atoms. The molecule has 7 heteroatoms. The van der Waals surface area contributed by atoms with Gasteiger partial charge in [-0.3, -0.25) is 14.9 Å². The summed E-state index contributed by atoms with van der Waals surface area (Å²) in [4.78, 5) is 22.6. The molecule has 1 heterocycles. The van der Waals surface area contributed by atoms with Crippen molar-refractivity contribution >= 4 is 21.8 Å². The predicted octanol–water partition coefficient (Wildman–Crippen LogP) is 0.0785. The Bertz CT molecular complexity index is 607. The normalized spacial score (nSPS) is 20.2. The lowest BCUT2D eigenvalue weighted by molar-refractivity contribution is -0.134. The van der Waals surface area contributed by atoms with Crippen molar-refractivity contribution in [2.45, 2.75) is 30.7 Å². The predicted molar refractivity (Wildman–Crippen MR) is 67.7 cm³/mol. The van der Waals surface area contributed by atoms with Gasteiger partial charge in [0.05, 0.1) is 4.90 Å². The second-order valence-corrected chi connectivity index (χ2v) is 6.15. The quantitative estimate of drug-likeness (QED) is 0.768. The number of aryl methyl sites for hydroxylation is 1. The van der Waals surface area contributed by atoms with E-state index in [-0.39, 0.29) is 23.6 Å². The number of rotatable bonds is 3. The van der Waals surface area contributed by atoms with Gasteiger partial charge in [-0.1, -0.05) is 17.7 Å². The lowest BCUT2D eigenvalue weighted by atomic mass is 10.1. The number of benzene rings is 1. The zero-order valence-electron chi connectivity index (χ0n) is 10.3. The minimum Gasteiger partial charge on any atom is -0.295 e. The topological polar surface area (TPSA) is 92.3 Å². The largest absolute Gasteiger partial charge is 0.295 e. The summed E-state index contributed by atoms with van der Waals surface area (Å²) < 4.78 is 26.4. The Morgan fingerprint density at radius 2 is 1.84 bits per heavy atom. The molecule has 6 nitrogen and oxygen atoms in total. The van der Waals surface area contributed by atoms with Gasteiger partial charge < -0.3 is 0 Å². The summed E-state index contributed by atoms with van der Waals surface area (Å²) in [5.74, 6) is -0.984. The van der Waals surface area contributed by atoms with Crippen LogP contribution in [0.15, 0.2) is 29.2 Å². The minimum absolute atomic E-state index is 0.0998. The number of amides is 2. The number of hydrogen-bond donors (Lipinski definition) is 2. The van der Waals surface area contributed by atoms with Crippen LogP contribution in [0.5, 0.6) is 0 Å². The summed E-state index contributed by atoms with van der Waals surface area (Å²) in [5, 5.41) is 2.11. The standard InChI is InChI=1S/C12H14N2O4S/c1-8-2-4-9(5-3-8)19(17,18)14-10-6-7-11(15)13-12(10)16/h2-5,10,14H,6-7H2,1H3,(H,13,15,16). The van der Waals surface area contributed by atoms with Gasteiger partial charge >= 0.3 is 0 Å². The smallest absolute Gasteiger partial charge is 0.244 e. The lowest BCUT2D eigenvalue weighted by Crippen LogP contribution is -2.52. The van der Waals surface area contributed by atoms with Crippen molar-refractivity contribution < 1.29 is 18.0 Å². The first kappa shape index (κ1) is 13.7. The lowest BCUT2D eigenvalue weighted by Gasteiger charge is -2.21. The molecule has 2 amide bonds. The van der Waals surface area contributed by atoms with E-state index in [4.69, 9.17) is 0 Å². The zero-order chi connectivity index (χ0) is 14.0. The van der Waals surface area contributed by atoms with Gasteiger partial charge in [0.2, 0.25) is 21.8 Å². The number of imide groups is 1. The van der Waals surface area contributed by atoms with Crippen LogP contribution in [0.1, 0.15) is 18.4 Å². The average molecular weight is 282 g/mol. The summed E-state index contributed by atoms with van der Waals surface area (Å²) >= 11 is 0. The highest BCUT2D eigenvalue weighted by molar-refractivity contribution is 7.89. The number of carbonyl (C=O) groups excluding carboxylic acids is 2. The van der Waals surface area contributed by atoms with Crippen LogP contribution in [0.3, 0.4) is 0 Å². The van der Waals surface area contributed by atoms with Crippen LogP contribution in [0.25, 0.3) is 0 Å². The molecule has 0 saturated carbocycles. The highest BCUT2D eigenvalue weighted by atomic mass is 32.2. The number of piperidine rings is 1. The fraction of sp³-hybridized carbons (Fsp3) is 0.333. The highest BCUT2D eigenvalue weighted by Gasteiger charge is 2.30. The van der Waals surface area contributed by atoms with E-state index in [2.05, 4.69) is 10.0 Å². The van der Waals surface area contributed by atoms with Crippen molar-refractivity contribution in [3.63, 3.8) is 0 Å². The fourth-order valence-electron chi connectivity index (χ4n) is 1.78. The van der Waals surface area contributed by atoms with Crippen LogP contribution >= 0.6 is 0 Å². The van der Waals surface area contributed by atoms with Gasteiger partial charge in [0, 0.05) is 6.42 Å². The molecule has 1 aliphatic heterocycles. The summed E-state index contributed by atoms with van der Waals surface area (Å²) in [6, 6.07) is 5.41. The molecular formula is C12H14N2O4S. The molecule has 1 saturated heterocycles. The van der Waals surface area contributed by atoms with E-state index < -0.39 is 22.0 Å². The fourth-order valence-corrected chi connectivity index (χ4v) is 3.01. The molecule has 0 aromatic heterocycles. The van der Waals surface area contributed by atoms with E-state index in [1.54, 1.807) is 12.1 Å². The van der Waals surface area contributed by atoms with Crippen LogP contribution < -0.4 is 10.0 Å². The first-order chi connectivity index (χ1) is 8.88. The molecule has 1 unspecified atom stereocenters. The summed E-state index contributed by atoms with van der Waals surface area (Å²) in [6.45, 7) is 1.85. The SMILES string of the molecule is Cc1ccc(S(=O)(=O)NC2CCC(=O)NC2=O)cc1. The third-order valence-electron chi connectivity index (χ3n) is 2.87. The molecule has 19 heavy (non-hydrogen) atoms. The second-order valence-electron chi connectivity index (χ2n) is 4.44. The molecule has 1 atom stereocenters. The molecule has 1 fully saturated rings. The number of nitrogens with one attached hydrogen (secondary N) is 2. The van der Waals surface area contributed by atoms with Crippen LogP contribution in [0, 0.1) is 6.92 Å². The molecule has 1 aromatic rings. The van der Waals surface area contributed by atoms with Crippen molar-refractivity contribution in [2.75, 3.05) is 0 Å². The van der Waals surface area contributed by atoms with Crippen molar-refractivity contribution in [1.29, 1.82) is 0 Å². The van der Waals surface area contributed by atoms with E-state index in [1.807, 2.05) is 6.92 Å². The van der Waals surface area contributed by atoms with Crippen molar-refractivity contribution in [3.05, 3.63) is 29.8 Å². The molecule has 0 bridgehead atoms. The summed E-state index contributed by atoms with van der Waals surface area (Å²) in [5.41, 5.74) is 0.944. The Hall–Kier alpha value is -1.73. The van der Waals surface area contributed by atoms with Crippen LogP contribution in [0.2, 0.25) is 0 Å². The van der Waals surface area contributed by atoms with Crippen LogP contribution in [-0.4, -0.2) is 26.3 Å². The van der Waals surface area contributed by atoms with Gasteiger partial charge in [-0.2, -0.15) is 4.72 Å². The van der Waals surface area contributed by atoms with Gasteiger partial charge in [-0.05, 0) is 25.5 Å². The Morgan fingerprint density at radius 1 is 1.21 bits per heavy atom. The van der Waals surface area contributed by atoms with Gasteiger partial charge in [0.1, 0.15) is 6.04 Å². The van der Waals surface area contributed by atoms with Crippen molar-refractivity contribution in [1.82, 2.24) is 10.0 Å². The van der Waals surface area contributed by atoms with E-state index in [9.17, 15) is 18.0 Å². The Morgan fingerprint density at radius 3 is 2.42 bits per heavy atom. The Kier molecular flexibility index (Phi) is 3.68. The maximum absolute atomic E-state index is 12.1. The summed E-state index contributed by atoms with van der Waals surface area (Å²) in [6.07, 6.45) is 0.308. The maximum Gasteiger partial charge on any atom is 0.244 e. The van der Waals surface area contributed by atoms with Gasteiger partial charge in [-0.25, -0.2) is 8.42 Å². The molecule has 0 radical (unpaired) electrons. The van der Waals surface area contributed by atoms with Crippen LogP contribution in [0.4, 0.5) is 0 Å². The molecule has 2 rings (SSSR count). The van der Waals surface area contributed by atoms with Gasteiger partial charge in [-0.15, -0.1) is 0 Å². The Labute approximate surface area is 111 Å². The zero-order valence-corrected chi connectivity index (χ0v) is 11.2. The third-order valence-corrected chi connectivity index (χ3v) is 4.36. The third kappa shape index (κ3) is 3.18. The molecule has 102 valence electrons. The molecular weight excluding hydrogens is 268 g/mol. The monoisotopic (exact) mass is 282 g/mol. The first-order valence-electron chi connectivity index (χ1n) is 5.81. The van der Waals surface area contributed by atoms with Gasteiger partial charge in [0.25, 0.3) is 0 Å². The van der Waals surface area contributed by atoms with Crippen molar-refractivity contribution in [2.24, 2.45) is 0 Å². The Balaban J connectivity index is 2.15. The molecule has 1 aliphatic rings. The van der Waals surface area contributed by atoms with E-state index >= 15 is 0 Å². The molecule has 2 N–H and O–H groups in total. The average Bonchev–Trinajstić information content (AvgIpc) is 2.33. The van der Waals surface area contributed by atoms with E-state index in [1.165, 1.54) is 12.1 Å². The molecule has 0 aliphatic carbocycles. The maximum atomic E-state index is 12.1. The second kappa shape index (κ2) is 5.10. The first-order valence-corrected chi connectivity index (χ1v) is 7.29. The van der Waals surface area contributed by atoms with Gasteiger partial charge in [0.15, 0.2) is 0 Å².